The van der Waals surface area contributed by atoms with Gasteiger partial charge in [-0.25, -0.2) is 4.98 Å². The van der Waals surface area contributed by atoms with Gasteiger partial charge in [0.05, 0.1) is 10.9 Å². The normalized spacial score (nSPS) is 11.9. The Hall–Kier alpha value is -0.920. The van der Waals surface area contributed by atoms with E-state index in [0.29, 0.717) is 16.7 Å². The summed E-state index contributed by atoms with van der Waals surface area (Å²) >= 11 is 6.08. The molecule has 2 aromatic rings. The van der Waals surface area contributed by atoms with E-state index in [1.54, 1.807) is 0 Å². The minimum absolute atomic E-state index is 0.308. The first kappa shape index (κ1) is 13.5. The van der Waals surface area contributed by atoms with E-state index in [1.165, 1.54) is 0 Å². The Morgan fingerprint density at radius 2 is 1.89 bits per heavy atom. The Morgan fingerprint density at radius 3 is 2.50 bits per heavy atom. The molecule has 0 aliphatic heterocycles. The summed E-state index contributed by atoms with van der Waals surface area (Å²) < 4.78 is 5.89. The molecule has 1 unspecified atom stereocenters. The van der Waals surface area contributed by atoms with Gasteiger partial charge in [0.2, 0.25) is 5.88 Å². The first-order valence-electron chi connectivity index (χ1n) is 5.69. The van der Waals surface area contributed by atoms with Crippen LogP contribution in [0.5, 0.6) is 5.88 Å². The fraction of sp³-hybridized carbons (Fsp3) is 0.385. The van der Waals surface area contributed by atoms with E-state index in [-0.39, 0.29) is 5.60 Å². The molecule has 0 N–H and O–H groups in total. The molecule has 18 heavy (non-hydrogen) atoms. The summed E-state index contributed by atoms with van der Waals surface area (Å²) in [6, 6.07) is 3.70. The molecule has 1 aromatic heterocycles. The van der Waals surface area contributed by atoms with Crippen molar-refractivity contribution in [2.24, 2.45) is 0 Å². The quantitative estimate of drug-likeness (QED) is 0.753. The monoisotopic (exact) mass is 282 g/mol. The van der Waals surface area contributed by atoms with E-state index in [1.807, 2.05) is 39.8 Å². The van der Waals surface area contributed by atoms with Crippen LogP contribution in [0.25, 0.3) is 10.9 Å². The number of ether oxygens (including phenoxy) is 1. The van der Waals surface area contributed by atoms with E-state index in [2.05, 4.69) is 19.2 Å². The molecule has 0 fully saturated rings. The zero-order valence-corrected chi connectivity index (χ0v) is 12.8. The zero-order valence-electron chi connectivity index (χ0n) is 10.9. The molecule has 0 saturated heterocycles. The second kappa shape index (κ2) is 4.64. The van der Waals surface area contributed by atoms with Crippen molar-refractivity contribution in [3.8, 4) is 5.88 Å². The number of benzene rings is 1. The topological polar surface area (TPSA) is 35.0 Å². The smallest absolute Gasteiger partial charge is 0.225 e. The van der Waals surface area contributed by atoms with Gasteiger partial charge < -0.3 is 4.74 Å². The first-order valence-corrected chi connectivity index (χ1v) is 6.64. The second-order valence-electron chi connectivity index (χ2n) is 5.18. The molecule has 0 amide bonds. The molecule has 0 radical (unpaired) electrons. The standard InChI is InChI=1S/C13H16ClN2OP/c1-7-15-11-9(5-8(14)6-10(11)18)12(16-7)17-13(2,3)4/h5-6H,18H2,1-4H3. The Morgan fingerprint density at radius 1 is 1.22 bits per heavy atom. The highest BCUT2D eigenvalue weighted by Gasteiger charge is 2.17. The summed E-state index contributed by atoms with van der Waals surface area (Å²) in [6.45, 7) is 7.82. The van der Waals surface area contributed by atoms with Crippen LogP contribution < -0.4 is 10.0 Å². The maximum absolute atomic E-state index is 6.08. The van der Waals surface area contributed by atoms with Gasteiger partial charge in [0.25, 0.3) is 0 Å². The molecule has 96 valence electrons. The number of halogens is 1. The van der Waals surface area contributed by atoms with Crippen LogP contribution in [0.4, 0.5) is 0 Å². The summed E-state index contributed by atoms with van der Waals surface area (Å²) in [5.41, 5.74) is 0.549. The summed E-state index contributed by atoms with van der Waals surface area (Å²) in [4.78, 5) is 8.80. The zero-order chi connectivity index (χ0) is 13.5. The lowest BCUT2D eigenvalue weighted by Gasteiger charge is -2.21. The van der Waals surface area contributed by atoms with E-state index in [0.717, 1.165) is 16.2 Å². The predicted octanol–water partition coefficient (Wildman–Crippen LogP) is 3.27. The fourth-order valence-corrected chi connectivity index (χ4v) is 2.40. The minimum Gasteiger partial charge on any atom is -0.471 e. The highest BCUT2D eigenvalue weighted by Crippen LogP contribution is 2.28. The molecule has 1 atom stereocenters. The van der Waals surface area contributed by atoms with E-state index < -0.39 is 0 Å². The number of hydrogen-bond acceptors (Lipinski definition) is 3. The number of fused-ring (bicyclic) bond motifs is 1. The Bertz CT molecular complexity index is 608. The van der Waals surface area contributed by atoms with E-state index in [9.17, 15) is 0 Å². The number of hydrogen-bond donors (Lipinski definition) is 0. The van der Waals surface area contributed by atoms with Gasteiger partial charge in [-0.1, -0.05) is 11.6 Å². The largest absolute Gasteiger partial charge is 0.471 e. The molecular formula is C13H16ClN2OP. The highest BCUT2D eigenvalue weighted by atomic mass is 35.5. The van der Waals surface area contributed by atoms with Gasteiger partial charge in [-0.15, -0.1) is 9.24 Å². The van der Waals surface area contributed by atoms with Gasteiger partial charge in [-0.05, 0) is 45.1 Å². The highest BCUT2D eigenvalue weighted by molar-refractivity contribution is 7.28. The molecule has 0 saturated carbocycles. The van der Waals surface area contributed by atoms with Crippen molar-refractivity contribution >= 4 is 37.0 Å². The number of nitrogens with zero attached hydrogens (tertiary/aromatic N) is 2. The van der Waals surface area contributed by atoms with Crippen LogP contribution in [0.3, 0.4) is 0 Å². The van der Waals surface area contributed by atoms with Crippen LogP contribution in [-0.2, 0) is 0 Å². The molecule has 0 spiro atoms. The molecule has 0 bridgehead atoms. The Balaban J connectivity index is 2.72. The Kier molecular flexibility index (Phi) is 3.48. The lowest BCUT2D eigenvalue weighted by Crippen LogP contribution is -2.24. The van der Waals surface area contributed by atoms with Gasteiger partial charge in [-0.3, -0.25) is 0 Å². The maximum atomic E-state index is 6.08. The first-order chi connectivity index (χ1) is 8.26. The third-order valence-electron chi connectivity index (χ3n) is 2.27. The third-order valence-corrected chi connectivity index (χ3v) is 2.93. The van der Waals surface area contributed by atoms with Crippen LogP contribution in [0.15, 0.2) is 12.1 Å². The van der Waals surface area contributed by atoms with Gasteiger partial charge in [0.1, 0.15) is 11.4 Å². The average Bonchev–Trinajstić information content (AvgIpc) is 2.17. The lowest BCUT2D eigenvalue weighted by molar-refractivity contribution is 0.126. The van der Waals surface area contributed by atoms with Crippen molar-refractivity contribution in [3.05, 3.63) is 23.0 Å². The molecule has 1 heterocycles. The average molecular weight is 283 g/mol. The summed E-state index contributed by atoms with van der Waals surface area (Å²) in [6.07, 6.45) is 0. The van der Waals surface area contributed by atoms with E-state index >= 15 is 0 Å². The van der Waals surface area contributed by atoms with Crippen LogP contribution in [0.1, 0.15) is 26.6 Å². The van der Waals surface area contributed by atoms with Crippen molar-refractivity contribution in [1.82, 2.24) is 9.97 Å². The Labute approximate surface area is 114 Å². The maximum Gasteiger partial charge on any atom is 0.225 e. The molecule has 5 heteroatoms. The molecule has 0 aliphatic rings. The van der Waals surface area contributed by atoms with Gasteiger partial charge >= 0.3 is 0 Å². The van der Waals surface area contributed by atoms with Crippen molar-refractivity contribution in [1.29, 1.82) is 0 Å². The molecule has 0 aliphatic carbocycles. The molecule has 2 rings (SSSR count). The molecular weight excluding hydrogens is 267 g/mol. The molecule has 1 aromatic carbocycles. The van der Waals surface area contributed by atoms with Crippen LogP contribution in [0, 0.1) is 6.92 Å². The second-order valence-corrected chi connectivity index (χ2v) is 6.24. The predicted molar refractivity (Wildman–Crippen MR) is 79.0 cm³/mol. The van der Waals surface area contributed by atoms with Crippen LogP contribution in [-0.4, -0.2) is 15.6 Å². The summed E-state index contributed by atoms with van der Waals surface area (Å²) in [5.74, 6) is 1.27. The van der Waals surface area contributed by atoms with E-state index in [4.69, 9.17) is 16.3 Å². The summed E-state index contributed by atoms with van der Waals surface area (Å²) in [5, 5.41) is 2.44. The lowest BCUT2D eigenvalue weighted by atomic mass is 10.2. The van der Waals surface area contributed by atoms with Crippen molar-refractivity contribution in [2.45, 2.75) is 33.3 Å². The van der Waals surface area contributed by atoms with Gasteiger partial charge in [0.15, 0.2) is 0 Å². The van der Waals surface area contributed by atoms with Crippen molar-refractivity contribution in [3.63, 3.8) is 0 Å². The van der Waals surface area contributed by atoms with Gasteiger partial charge in [0, 0.05) is 5.02 Å². The summed E-state index contributed by atoms with van der Waals surface area (Å²) in [7, 11) is 2.64. The molecule has 3 nitrogen and oxygen atoms in total. The van der Waals surface area contributed by atoms with Crippen molar-refractivity contribution < 1.29 is 4.74 Å². The number of aryl methyl sites for hydroxylation is 1. The number of rotatable bonds is 1. The van der Waals surface area contributed by atoms with Crippen LogP contribution in [0.2, 0.25) is 5.02 Å². The number of aromatic nitrogens is 2. The van der Waals surface area contributed by atoms with Gasteiger partial charge in [-0.2, -0.15) is 4.98 Å². The SMILES string of the molecule is Cc1nc(OC(C)(C)C)c2cc(Cl)cc(P)c2n1. The van der Waals surface area contributed by atoms with Crippen molar-refractivity contribution in [2.75, 3.05) is 0 Å². The fourth-order valence-electron chi connectivity index (χ4n) is 1.67. The van der Waals surface area contributed by atoms with Crippen LogP contribution >= 0.6 is 20.8 Å². The third kappa shape index (κ3) is 2.90. The minimum atomic E-state index is -0.308.